The Balaban J connectivity index is 2.01. The summed E-state index contributed by atoms with van der Waals surface area (Å²) in [5, 5.41) is 15.4. The minimum atomic E-state index is -0.0112. The van der Waals surface area contributed by atoms with Crippen LogP contribution in [0.4, 0.5) is 0 Å². The van der Waals surface area contributed by atoms with Gasteiger partial charge in [0.2, 0.25) is 0 Å². The molecule has 0 bridgehead atoms. The van der Waals surface area contributed by atoms with Crippen molar-refractivity contribution in [2.24, 2.45) is 0 Å². The average molecular weight is 222 g/mol. The quantitative estimate of drug-likeness (QED) is 0.802. The molecule has 1 atom stereocenters. The molecule has 0 radical (unpaired) electrons. The van der Waals surface area contributed by atoms with E-state index in [1.54, 1.807) is 11.3 Å². The largest absolute Gasteiger partial charge is 0.313 e. The van der Waals surface area contributed by atoms with E-state index >= 15 is 0 Å². The molecule has 1 unspecified atom stereocenters. The van der Waals surface area contributed by atoms with Crippen molar-refractivity contribution < 1.29 is 0 Å². The second-order valence-corrected chi connectivity index (χ2v) is 4.64. The number of rotatable bonds is 2. The van der Waals surface area contributed by atoms with Gasteiger partial charge in [0.05, 0.1) is 12.6 Å². The summed E-state index contributed by atoms with van der Waals surface area (Å²) < 4.78 is 0. The third kappa shape index (κ3) is 2.53. The van der Waals surface area contributed by atoms with Gasteiger partial charge in [0.15, 0.2) is 0 Å². The van der Waals surface area contributed by atoms with E-state index in [0.717, 1.165) is 36.9 Å². The molecule has 15 heavy (non-hydrogen) atoms. The van der Waals surface area contributed by atoms with Crippen molar-refractivity contribution >= 4 is 11.3 Å². The minimum absolute atomic E-state index is 0.0112. The zero-order chi connectivity index (χ0) is 10.7. The first-order chi connectivity index (χ1) is 7.29. The Morgan fingerprint density at radius 3 is 3.33 bits per heavy atom. The average Bonchev–Trinajstić information content (AvgIpc) is 2.65. The smallest absolute Gasteiger partial charge is 0.111 e. The number of nitrogens with zero attached hydrogens (tertiary/aromatic N) is 3. The van der Waals surface area contributed by atoms with Gasteiger partial charge in [-0.15, -0.1) is 11.3 Å². The van der Waals surface area contributed by atoms with Crippen molar-refractivity contribution in [1.82, 2.24) is 15.2 Å². The molecule has 80 valence electrons. The molecular formula is C10H14N4S. The third-order valence-electron chi connectivity index (χ3n) is 2.51. The molecule has 1 saturated heterocycles. The lowest BCUT2D eigenvalue weighted by atomic mass is 10.2. The highest BCUT2D eigenvalue weighted by Crippen LogP contribution is 2.14. The van der Waals surface area contributed by atoms with Crippen LogP contribution >= 0.6 is 11.3 Å². The van der Waals surface area contributed by atoms with Crippen LogP contribution < -0.4 is 5.32 Å². The van der Waals surface area contributed by atoms with E-state index < -0.39 is 0 Å². The zero-order valence-electron chi connectivity index (χ0n) is 8.73. The number of piperazine rings is 1. The minimum Gasteiger partial charge on any atom is -0.313 e. The number of aryl methyl sites for hydroxylation is 1. The third-order valence-corrected chi connectivity index (χ3v) is 3.46. The molecule has 4 nitrogen and oxygen atoms in total. The zero-order valence-corrected chi connectivity index (χ0v) is 9.55. The molecule has 1 N–H and O–H groups in total. The Morgan fingerprint density at radius 1 is 1.80 bits per heavy atom. The van der Waals surface area contributed by atoms with Crippen LogP contribution in [0.3, 0.4) is 0 Å². The molecule has 1 aromatic rings. The van der Waals surface area contributed by atoms with Crippen LogP contribution in [0.1, 0.15) is 10.7 Å². The van der Waals surface area contributed by atoms with Gasteiger partial charge in [-0.1, -0.05) is 0 Å². The first-order valence-electron chi connectivity index (χ1n) is 5.05. The van der Waals surface area contributed by atoms with Gasteiger partial charge < -0.3 is 5.32 Å². The summed E-state index contributed by atoms with van der Waals surface area (Å²) in [6, 6.07) is 2.31. The first kappa shape index (κ1) is 10.6. The molecule has 1 aliphatic rings. The van der Waals surface area contributed by atoms with Gasteiger partial charge in [-0.05, 0) is 6.92 Å². The van der Waals surface area contributed by atoms with E-state index in [2.05, 4.69) is 26.6 Å². The Hall–Kier alpha value is -0.960. The normalized spacial score (nSPS) is 22.5. The van der Waals surface area contributed by atoms with Gasteiger partial charge in [0.25, 0.3) is 0 Å². The lowest BCUT2D eigenvalue weighted by Gasteiger charge is -2.30. The van der Waals surface area contributed by atoms with Crippen molar-refractivity contribution in [1.29, 1.82) is 5.26 Å². The SMILES string of the molecule is Cc1csc(CN2CCNCC2C#N)n1. The topological polar surface area (TPSA) is 52.0 Å². The molecular weight excluding hydrogens is 208 g/mol. The monoisotopic (exact) mass is 222 g/mol. The number of nitrogens with one attached hydrogen (secondary N) is 1. The Morgan fingerprint density at radius 2 is 2.67 bits per heavy atom. The number of hydrogen-bond acceptors (Lipinski definition) is 5. The van der Waals surface area contributed by atoms with E-state index in [4.69, 9.17) is 5.26 Å². The van der Waals surface area contributed by atoms with E-state index in [0.29, 0.717) is 0 Å². The van der Waals surface area contributed by atoms with Crippen LogP contribution in [-0.2, 0) is 6.54 Å². The van der Waals surface area contributed by atoms with E-state index in [-0.39, 0.29) is 6.04 Å². The van der Waals surface area contributed by atoms with Crippen LogP contribution in [0, 0.1) is 18.3 Å². The molecule has 2 heterocycles. The Kier molecular flexibility index (Phi) is 3.31. The molecule has 1 aromatic heterocycles. The predicted octanol–water partition coefficient (Wildman–Crippen LogP) is 0.749. The highest BCUT2D eigenvalue weighted by atomic mass is 32.1. The second kappa shape index (κ2) is 4.71. The van der Waals surface area contributed by atoms with Crippen LogP contribution in [0.15, 0.2) is 5.38 Å². The van der Waals surface area contributed by atoms with Crippen LogP contribution in [-0.4, -0.2) is 35.6 Å². The lowest BCUT2D eigenvalue weighted by Crippen LogP contribution is -2.49. The van der Waals surface area contributed by atoms with E-state index in [1.165, 1.54) is 0 Å². The Labute approximate surface area is 93.5 Å². The molecule has 0 aromatic carbocycles. The fraction of sp³-hybridized carbons (Fsp3) is 0.600. The standard InChI is InChI=1S/C10H14N4S/c1-8-7-15-10(13-8)6-14-3-2-12-5-9(14)4-11/h7,9,12H,2-3,5-6H2,1H3. The summed E-state index contributed by atoms with van der Waals surface area (Å²) in [5.74, 6) is 0. The second-order valence-electron chi connectivity index (χ2n) is 3.70. The van der Waals surface area contributed by atoms with Crippen molar-refractivity contribution in [3.63, 3.8) is 0 Å². The van der Waals surface area contributed by atoms with Crippen molar-refractivity contribution in [2.45, 2.75) is 19.5 Å². The maximum absolute atomic E-state index is 9.00. The Bertz CT molecular complexity index is 368. The maximum Gasteiger partial charge on any atom is 0.111 e. The number of thiazole rings is 1. The van der Waals surface area contributed by atoms with Gasteiger partial charge in [-0.2, -0.15) is 5.26 Å². The number of nitriles is 1. The molecule has 0 saturated carbocycles. The van der Waals surface area contributed by atoms with Gasteiger partial charge in [-0.3, -0.25) is 4.90 Å². The lowest BCUT2D eigenvalue weighted by molar-refractivity contribution is 0.189. The predicted molar refractivity (Wildman–Crippen MR) is 59.5 cm³/mol. The first-order valence-corrected chi connectivity index (χ1v) is 5.93. The van der Waals surface area contributed by atoms with Crippen LogP contribution in [0.5, 0.6) is 0 Å². The van der Waals surface area contributed by atoms with Crippen molar-refractivity contribution in [3.05, 3.63) is 16.1 Å². The molecule has 0 aliphatic carbocycles. The molecule has 0 amide bonds. The van der Waals surface area contributed by atoms with Gasteiger partial charge in [0.1, 0.15) is 11.0 Å². The van der Waals surface area contributed by atoms with Gasteiger partial charge >= 0.3 is 0 Å². The molecule has 5 heteroatoms. The molecule has 1 fully saturated rings. The van der Waals surface area contributed by atoms with Gasteiger partial charge in [-0.25, -0.2) is 4.98 Å². The van der Waals surface area contributed by atoms with Crippen LogP contribution in [0.25, 0.3) is 0 Å². The summed E-state index contributed by atoms with van der Waals surface area (Å²) in [5.41, 5.74) is 1.07. The molecule has 0 spiro atoms. The highest BCUT2D eigenvalue weighted by molar-refractivity contribution is 7.09. The van der Waals surface area contributed by atoms with Crippen molar-refractivity contribution in [2.75, 3.05) is 19.6 Å². The highest BCUT2D eigenvalue weighted by Gasteiger charge is 2.22. The fourth-order valence-electron chi connectivity index (χ4n) is 1.71. The van der Waals surface area contributed by atoms with Gasteiger partial charge in [0, 0.05) is 30.7 Å². The maximum atomic E-state index is 9.00. The molecule has 2 rings (SSSR count). The van der Waals surface area contributed by atoms with E-state index in [1.807, 2.05) is 6.92 Å². The summed E-state index contributed by atoms with van der Waals surface area (Å²) >= 11 is 1.67. The van der Waals surface area contributed by atoms with Crippen molar-refractivity contribution in [3.8, 4) is 6.07 Å². The fourth-order valence-corrected chi connectivity index (χ4v) is 2.51. The summed E-state index contributed by atoms with van der Waals surface area (Å²) in [4.78, 5) is 6.61. The summed E-state index contributed by atoms with van der Waals surface area (Å²) in [6.07, 6.45) is 0. The van der Waals surface area contributed by atoms with Crippen LogP contribution in [0.2, 0.25) is 0 Å². The van der Waals surface area contributed by atoms with E-state index in [9.17, 15) is 0 Å². The number of hydrogen-bond donors (Lipinski definition) is 1. The summed E-state index contributed by atoms with van der Waals surface area (Å²) in [7, 11) is 0. The summed E-state index contributed by atoms with van der Waals surface area (Å²) in [6.45, 7) is 5.46. The number of aromatic nitrogens is 1. The molecule has 1 aliphatic heterocycles.